The van der Waals surface area contributed by atoms with Gasteiger partial charge >= 0.3 is 0 Å². The number of hydrogen-bond donors (Lipinski definition) is 1. The highest BCUT2D eigenvalue weighted by atomic mass is 16.5. The van der Waals surface area contributed by atoms with Crippen LogP contribution >= 0.6 is 0 Å². The highest BCUT2D eigenvalue weighted by molar-refractivity contribution is 6.06. The molecule has 6 rings (SSSR count). The maximum atomic E-state index is 13.1. The lowest BCUT2D eigenvalue weighted by Gasteiger charge is -2.28. The van der Waals surface area contributed by atoms with Crippen molar-refractivity contribution in [2.45, 2.75) is 0 Å². The first-order valence-corrected chi connectivity index (χ1v) is 12.1. The highest BCUT2D eigenvalue weighted by Gasteiger charge is 2.17. The molecular weight excluding hydrogens is 464 g/mol. The average molecular weight is 489 g/mol. The first-order valence-electron chi connectivity index (χ1n) is 12.1. The van der Waals surface area contributed by atoms with Crippen molar-refractivity contribution in [2.24, 2.45) is 0 Å². The van der Waals surface area contributed by atoms with E-state index in [-0.39, 0.29) is 5.91 Å². The van der Waals surface area contributed by atoms with Crippen LogP contribution in [-0.2, 0) is 4.74 Å². The number of nitrogens with one attached hydrogen (secondary N) is 1. The summed E-state index contributed by atoms with van der Waals surface area (Å²) in [5.41, 5.74) is 6.28. The third-order valence-electron chi connectivity index (χ3n) is 6.24. The van der Waals surface area contributed by atoms with E-state index < -0.39 is 0 Å². The van der Waals surface area contributed by atoms with Gasteiger partial charge in [-0.25, -0.2) is 9.97 Å². The van der Waals surface area contributed by atoms with E-state index in [9.17, 15) is 4.79 Å². The minimum Gasteiger partial charge on any atom is -0.378 e. The van der Waals surface area contributed by atoms with Gasteiger partial charge in [-0.1, -0.05) is 12.1 Å². The second kappa shape index (κ2) is 10.1. The van der Waals surface area contributed by atoms with E-state index in [1.807, 2.05) is 66.7 Å². The average Bonchev–Trinajstić information content (AvgIpc) is 2.98. The van der Waals surface area contributed by atoms with Gasteiger partial charge in [0.25, 0.3) is 5.91 Å². The van der Waals surface area contributed by atoms with Gasteiger partial charge in [0.15, 0.2) is 0 Å². The SMILES string of the molecule is O=C(Nc1ccc(N2CCOCC2)cc1)c1ccc2nc(-c3ccccn3)c(-c3ccccn3)nc2c1. The van der Waals surface area contributed by atoms with Crippen molar-refractivity contribution < 1.29 is 9.53 Å². The largest absolute Gasteiger partial charge is 0.378 e. The Morgan fingerprint density at radius 1 is 0.757 bits per heavy atom. The lowest BCUT2D eigenvalue weighted by Crippen LogP contribution is -2.36. The molecule has 37 heavy (non-hydrogen) atoms. The van der Waals surface area contributed by atoms with Crippen LogP contribution < -0.4 is 10.2 Å². The first-order chi connectivity index (χ1) is 18.2. The summed E-state index contributed by atoms with van der Waals surface area (Å²) in [4.78, 5) is 34.0. The summed E-state index contributed by atoms with van der Waals surface area (Å²) in [5.74, 6) is -0.212. The maximum Gasteiger partial charge on any atom is 0.255 e. The Balaban J connectivity index is 1.30. The van der Waals surface area contributed by atoms with Gasteiger partial charge in [-0.05, 0) is 66.7 Å². The van der Waals surface area contributed by atoms with Crippen molar-refractivity contribution in [3.63, 3.8) is 0 Å². The monoisotopic (exact) mass is 488 g/mol. The number of carbonyl (C=O) groups is 1. The lowest BCUT2D eigenvalue weighted by molar-refractivity contribution is 0.102. The zero-order valence-corrected chi connectivity index (χ0v) is 20.0. The molecule has 1 aliphatic heterocycles. The van der Waals surface area contributed by atoms with Gasteiger partial charge < -0.3 is 15.0 Å². The number of rotatable bonds is 5. The fourth-order valence-corrected chi connectivity index (χ4v) is 4.34. The van der Waals surface area contributed by atoms with Gasteiger partial charge in [-0.3, -0.25) is 14.8 Å². The van der Waals surface area contributed by atoms with Crippen LogP contribution in [0, 0.1) is 0 Å². The van der Waals surface area contributed by atoms with Crippen LogP contribution in [0.25, 0.3) is 33.8 Å². The fraction of sp³-hybridized carbons (Fsp3) is 0.138. The van der Waals surface area contributed by atoms with E-state index >= 15 is 0 Å². The molecule has 8 heteroatoms. The Hall–Kier alpha value is -4.69. The Kier molecular flexibility index (Phi) is 6.22. The molecule has 0 radical (unpaired) electrons. The molecule has 1 N–H and O–H groups in total. The number of pyridine rings is 2. The van der Waals surface area contributed by atoms with Gasteiger partial charge in [-0.2, -0.15) is 0 Å². The van der Waals surface area contributed by atoms with Crippen molar-refractivity contribution in [1.29, 1.82) is 0 Å². The van der Waals surface area contributed by atoms with Crippen molar-refractivity contribution >= 4 is 28.3 Å². The zero-order valence-electron chi connectivity index (χ0n) is 20.0. The Morgan fingerprint density at radius 3 is 2.03 bits per heavy atom. The summed E-state index contributed by atoms with van der Waals surface area (Å²) in [6.07, 6.45) is 3.45. The summed E-state index contributed by atoms with van der Waals surface area (Å²) in [5, 5.41) is 2.98. The summed E-state index contributed by atoms with van der Waals surface area (Å²) < 4.78 is 5.42. The van der Waals surface area contributed by atoms with Crippen molar-refractivity contribution in [1.82, 2.24) is 19.9 Å². The number of morpholine rings is 1. The number of nitrogens with zero attached hydrogens (tertiary/aromatic N) is 5. The molecule has 0 saturated carbocycles. The Bertz CT molecular complexity index is 1540. The van der Waals surface area contributed by atoms with E-state index in [2.05, 4.69) is 20.2 Å². The van der Waals surface area contributed by atoms with Gasteiger partial charge in [0.1, 0.15) is 11.4 Å². The molecular formula is C29H24N6O2. The lowest BCUT2D eigenvalue weighted by atomic mass is 10.1. The number of anilines is 2. The minimum atomic E-state index is -0.212. The van der Waals surface area contributed by atoms with Gasteiger partial charge in [0, 0.05) is 42.4 Å². The number of amides is 1. The number of hydrogen-bond acceptors (Lipinski definition) is 7. The molecule has 0 atom stereocenters. The highest BCUT2D eigenvalue weighted by Crippen LogP contribution is 2.29. The summed E-state index contributed by atoms with van der Waals surface area (Å²) >= 11 is 0. The van der Waals surface area contributed by atoms with Crippen LogP contribution in [0.1, 0.15) is 10.4 Å². The molecule has 0 spiro atoms. The predicted molar refractivity (Wildman–Crippen MR) is 143 cm³/mol. The predicted octanol–water partition coefficient (Wildman–Crippen LogP) is 4.84. The molecule has 8 nitrogen and oxygen atoms in total. The molecule has 1 fully saturated rings. The van der Waals surface area contributed by atoms with Crippen molar-refractivity contribution in [2.75, 3.05) is 36.5 Å². The Morgan fingerprint density at radius 2 is 1.41 bits per heavy atom. The topological polar surface area (TPSA) is 93.1 Å². The summed E-state index contributed by atoms with van der Waals surface area (Å²) in [6, 6.07) is 24.5. The Labute approximate surface area is 214 Å². The molecule has 0 unspecified atom stereocenters. The van der Waals surface area contributed by atoms with Crippen molar-refractivity contribution in [3.8, 4) is 22.8 Å². The molecule has 5 aromatic rings. The molecule has 2 aromatic carbocycles. The molecule has 1 amide bonds. The van der Waals surface area contributed by atoms with Crippen LogP contribution in [-0.4, -0.2) is 52.1 Å². The second-order valence-corrected chi connectivity index (χ2v) is 8.65. The molecule has 4 heterocycles. The smallest absolute Gasteiger partial charge is 0.255 e. The van der Waals surface area contributed by atoms with Crippen LogP contribution in [0.2, 0.25) is 0 Å². The molecule has 1 saturated heterocycles. The van der Waals surface area contributed by atoms with Crippen molar-refractivity contribution in [3.05, 3.63) is 96.8 Å². The quantitative estimate of drug-likeness (QED) is 0.378. The molecule has 182 valence electrons. The van der Waals surface area contributed by atoms with Crippen LogP contribution in [0.15, 0.2) is 91.3 Å². The molecule has 0 bridgehead atoms. The van der Waals surface area contributed by atoms with E-state index in [0.717, 1.165) is 37.7 Å². The third-order valence-corrected chi connectivity index (χ3v) is 6.24. The number of fused-ring (bicyclic) bond motifs is 1. The fourth-order valence-electron chi connectivity index (χ4n) is 4.34. The van der Waals surface area contributed by atoms with E-state index in [0.29, 0.717) is 39.4 Å². The number of carbonyl (C=O) groups excluding carboxylic acids is 1. The van der Waals surface area contributed by atoms with Crippen LogP contribution in [0.5, 0.6) is 0 Å². The van der Waals surface area contributed by atoms with E-state index in [1.165, 1.54) is 0 Å². The van der Waals surface area contributed by atoms with Gasteiger partial charge in [0.2, 0.25) is 0 Å². The number of benzene rings is 2. The van der Waals surface area contributed by atoms with E-state index in [1.54, 1.807) is 24.5 Å². The van der Waals surface area contributed by atoms with Crippen LogP contribution in [0.4, 0.5) is 11.4 Å². The third kappa shape index (κ3) is 4.87. The number of aromatic nitrogens is 4. The summed E-state index contributed by atoms with van der Waals surface area (Å²) in [7, 11) is 0. The minimum absolute atomic E-state index is 0.212. The standard InChI is InChI=1S/C29H24N6O2/c36-29(32-21-8-10-22(11-9-21)35-15-17-37-18-16-35)20-7-12-23-26(19-20)34-28(25-6-2-4-14-31-25)27(33-23)24-5-1-3-13-30-24/h1-14,19H,15-18H2,(H,32,36). The summed E-state index contributed by atoms with van der Waals surface area (Å²) in [6.45, 7) is 3.20. The van der Waals surface area contributed by atoms with Crippen LogP contribution in [0.3, 0.4) is 0 Å². The normalized spacial score (nSPS) is 13.5. The first kappa shape index (κ1) is 22.8. The maximum absolute atomic E-state index is 13.1. The molecule has 1 aliphatic rings. The van der Waals surface area contributed by atoms with Gasteiger partial charge in [-0.15, -0.1) is 0 Å². The zero-order chi connectivity index (χ0) is 25.0. The molecule has 3 aromatic heterocycles. The molecule has 0 aliphatic carbocycles. The van der Waals surface area contributed by atoms with Gasteiger partial charge in [0.05, 0.1) is 35.6 Å². The second-order valence-electron chi connectivity index (χ2n) is 8.65. The van der Waals surface area contributed by atoms with E-state index in [4.69, 9.17) is 14.7 Å². The number of ether oxygens (including phenoxy) is 1.